The number of nitrogens with zero attached hydrogens (tertiary/aromatic N) is 4. The van der Waals surface area contributed by atoms with Crippen LogP contribution in [-0.2, 0) is 21.2 Å². The van der Waals surface area contributed by atoms with E-state index in [4.69, 9.17) is 0 Å². The molecule has 2 aromatic rings. The predicted molar refractivity (Wildman–Crippen MR) is 111 cm³/mol. The van der Waals surface area contributed by atoms with Crippen molar-refractivity contribution >= 4 is 27.5 Å². The quantitative estimate of drug-likeness (QED) is 0.637. The molecule has 1 aliphatic heterocycles. The minimum absolute atomic E-state index is 0.0542. The van der Waals surface area contributed by atoms with E-state index in [1.54, 1.807) is 4.90 Å². The lowest BCUT2D eigenvalue weighted by atomic mass is 10.2. The van der Waals surface area contributed by atoms with Gasteiger partial charge in [0.2, 0.25) is 5.91 Å². The molecular formula is C19H26N4O3S2. The van der Waals surface area contributed by atoms with E-state index in [2.05, 4.69) is 10.2 Å². The summed E-state index contributed by atoms with van der Waals surface area (Å²) < 4.78 is 25.6. The third kappa shape index (κ3) is 4.41. The van der Waals surface area contributed by atoms with Crippen molar-refractivity contribution in [3.8, 4) is 11.4 Å². The fourth-order valence-corrected chi connectivity index (χ4v) is 6.23. The number of hydrogen-bond acceptors (Lipinski definition) is 6. The first-order valence-electron chi connectivity index (χ1n) is 9.52. The normalized spacial score (nSPS) is 19.5. The molecule has 1 aromatic carbocycles. The monoisotopic (exact) mass is 422 g/mol. The van der Waals surface area contributed by atoms with Crippen molar-refractivity contribution in [2.75, 3.05) is 18.1 Å². The minimum Gasteiger partial charge on any atom is -0.338 e. The highest BCUT2D eigenvalue weighted by Gasteiger charge is 2.35. The van der Waals surface area contributed by atoms with E-state index in [1.165, 1.54) is 11.8 Å². The molecule has 0 spiro atoms. The largest absolute Gasteiger partial charge is 0.338 e. The predicted octanol–water partition coefficient (Wildman–Crippen LogP) is 2.48. The summed E-state index contributed by atoms with van der Waals surface area (Å²) in [4.78, 5) is 14.7. The van der Waals surface area contributed by atoms with Gasteiger partial charge >= 0.3 is 0 Å². The molecule has 1 amide bonds. The van der Waals surface area contributed by atoms with Crippen LogP contribution in [0.4, 0.5) is 0 Å². The zero-order chi connectivity index (χ0) is 20.3. The number of sulfone groups is 1. The summed E-state index contributed by atoms with van der Waals surface area (Å²) in [7, 11) is -3.03. The zero-order valence-electron chi connectivity index (χ0n) is 16.4. The second-order valence-electron chi connectivity index (χ2n) is 6.86. The average molecular weight is 423 g/mol. The Morgan fingerprint density at radius 1 is 1.29 bits per heavy atom. The molecule has 1 aromatic heterocycles. The molecule has 0 saturated carbocycles. The van der Waals surface area contributed by atoms with Crippen molar-refractivity contribution in [3.05, 3.63) is 30.3 Å². The van der Waals surface area contributed by atoms with Gasteiger partial charge in [-0.2, -0.15) is 0 Å². The van der Waals surface area contributed by atoms with Crippen molar-refractivity contribution < 1.29 is 13.2 Å². The minimum atomic E-state index is -3.03. The molecule has 7 nitrogen and oxygen atoms in total. The number of carbonyl (C=O) groups is 1. The molecule has 0 aliphatic carbocycles. The van der Waals surface area contributed by atoms with Gasteiger partial charge in [-0.15, -0.1) is 10.2 Å². The molecular weight excluding hydrogens is 396 g/mol. The molecule has 1 aliphatic rings. The fraction of sp³-hybridized carbons (Fsp3) is 0.526. The molecule has 0 bridgehead atoms. The van der Waals surface area contributed by atoms with Gasteiger partial charge in [-0.25, -0.2) is 8.42 Å². The van der Waals surface area contributed by atoms with Gasteiger partial charge in [0.05, 0.1) is 16.8 Å². The topological polar surface area (TPSA) is 85.2 Å². The number of carbonyl (C=O) groups excluding carboxylic acids is 1. The molecule has 2 atom stereocenters. The van der Waals surface area contributed by atoms with Crippen LogP contribution in [0.25, 0.3) is 11.4 Å². The number of aromatic nitrogens is 3. The summed E-state index contributed by atoms with van der Waals surface area (Å²) in [5, 5.41) is 8.94. The molecule has 9 heteroatoms. The molecule has 3 rings (SSSR count). The summed E-state index contributed by atoms with van der Waals surface area (Å²) in [6.07, 6.45) is 0.516. The van der Waals surface area contributed by atoms with Crippen LogP contribution < -0.4 is 0 Å². The van der Waals surface area contributed by atoms with E-state index in [0.29, 0.717) is 24.7 Å². The Hall–Kier alpha value is -1.87. The van der Waals surface area contributed by atoms with E-state index in [0.717, 1.165) is 11.4 Å². The summed E-state index contributed by atoms with van der Waals surface area (Å²) in [5.41, 5.74) is 0.981. The van der Waals surface area contributed by atoms with Gasteiger partial charge in [-0.1, -0.05) is 42.1 Å². The lowest BCUT2D eigenvalue weighted by Crippen LogP contribution is -2.44. The van der Waals surface area contributed by atoms with Gasteiger partial charge in [0.1, 0.15) is 0 Å². The molecule has 1 saturated heterocycles. The first-order valence-corrected chi connectivity index (χ1v) is 12.2. The first-order chi connectivity index (χ1) is 13.4. The second kappa shape index (κ2) is 8.65. The van der Waals surface area contributed by atoms with Crippen LogP contribution in [0.2, 0.25) is 0 Å². The van der Waals surface area contributed by atoms with Gasteiger partial charge < -0.3 is 9.47 Å². The molecule has 2 heterocycles. The zero-order valence-corrected chi connectivity index (χ0v) is 18.0. The van der Waals surface area contributed by atoms with Crippen LogP contribution in [-0.4, -0.2) is 63.3 Å². The van der Waals surface area contributed by atoms with Crippen LogP contribution in [0, 0.1) is 0 Å². The van der Waals surface area contributed by atoms with E-state index < -0.39 is 9.84 Å². The molecule has 0 radical (unpaired) electrons. The maximum atomic E-state index is 13.0. The summed E-state index contributed by atoms with van der Waals surface area (Å²) in [6, 6.07) is 9.61. The van der Waals surface area contributed by atoms with Gasteiger partial charge in [-0.05, 0) is 27.2 Å². The maximum Gasteiger partial charge on any atom is 0.236 e. The van der Waals surface area contributed by atoms with Crippen LogP contribution in [0.15, 0.2) is 35.5 Å². The van der Waals surface area contributed by atoms with Crippen molar-refractivity contribution in [3.63, 3.8) is 0 Å². The molecule has 0 N–H and O–H groups in total. The summed E-state index contributed by atoms with van der Waals surface area (Å²) in [6.45, 7) is 6.95. The van der Waals surface area contributed by atoms with E-state index in [9.17, 15) is 13.2 Å². The standard InChI is InChI=1S/C19H26N4O3S2/c1-4-22(16-11-12-28(25,26)13-16)18(24)14(3)27-19-21-20-17(23(19)5-2)15-9-7-6-8-10-15/h6-10,14,16H,4-5,11-13H2,1-3H3/t14-,16-/m0/s1. The Balaban J connectivity index is 1.76. The highest BCUT2D eigenvalue weighted by molar-refractivity contribution is 8.00. The van der Waals surface area contributed by atoms with E-state index >= 15 is 0 Å². The summed E-state index contributed by atoms with van der Waals surface area (Å²) >= 11 is 1.37. The Morgan fingerprint density at radius 2 is 2.00 bits per heavy atom. The SMILES string of the molecule is CCN(C(=O)[C@H](C)Sc1nnc(-c2ccccc2)n1CC)[C@H]1CCS(=O)(=O)C1. The Bertz CT molecular complexity index is 928. The molecule has 152 valence electrons. The van der Waals surface area contributed by atoms with Crippen LogP contribution in [0.1, 0.15) is 27.2 Å². The van der Waals surface area contributed by atoms with Crippen molar-refractivity contribution in [2.24, 2.45) is 0 Å². The lowest BCUT2D eigenvalue weighted by molar-refractivity contribution is -0.131. The van der Waals surface area contributed by atoms with Gasteiger partial charge in [0, 0.05) is 24.7 Å². The highest BCUT2D eigenvalue weighted by atomic mass is 32.2. The first kappa shape index (κ1) is 20.9. The Kier molecular flexibility index (Phi) is 6.44. The molecule has 1 fully saturated rings. The maximum absolute atomic E-state index is 13.0. The molecule has 28 heavy (non-hydrogen) atoms. The number of rotatable bonds is 7. The second-order valence-corrected chi connectivity index (χ2v) is 10.4. The smallest absolute Gasteiger partial charge is 0.236 e. The highest BCUT2D eigenvalue weighted by Crippen LogP contribution is 2.29. The van der Waals surface area contributed by atoms with Crippen molar-refractivity contribution in [1.29, 1.82) is 0 Å². The number of hydrogen-bond donors (Lipinski definition) is 0. The number of thioether (sulfide) groups is 1. The summed E-state index contributed by atoms with van der Waals surface area (Å²) in [5.74, 6) is 0.946. The van der Waals surface area contributed by atoms with Gasteiger partial charge in [-0.3, -0.25) is 4.79 Å². The number of amides is 1. The van der Waals surface area contributed by atoms with Gasteiger partial charge in [0.25, 0.3) is 0 Å². The van der Waals surface area contributed by atoms with E-state index in [1.807, 2.05) is 55.7 Å². The van der Waals surface area contributed by atoms with Crippen molar-refractivity contribution in [2.45, 2.75) is 50.2 Å². The fourth-order valence-electron chi connectivity index (χ4n) is 3.52. The van der Waals surface area contributed by atoms with Gasteiger partial charge in [0.15, 0.2) is 20.8 Å². The Morgan fingerprint density at radius 3 is 2.57 bits per heavy atom. The number of benzene rings is 1. The van der Waals surface area contributed by atoms with Crippen LogP contribution in [0.3, 0.4) is 0 Å². The Labute approximate surface area is 170 Å². The third-order valence-corrected chi connectivity index (χ3v) is 7.79. The van der Waals surface area contributed by atoms with E-state index in [-0.39, 0.29) is 28.7 Å². The van der Waals surface area contributed by atoms with Crippen LogP contribution in [0.5, 0.6) is 0 Å². The molecule has 0 unspecified atom stereocenters. The lowest BCUT2D eigenvalue weighted by Gasteiger charge is -2.29. The van der Waals surface area contributed by atoms with Crippen molar-refractivity contribution in [1.82, 2.24) is 19.7 Å². The average Bonchev–Trinajstić information content (AvgIpc) is 3.25. The van der Waals surface area contributed by atoms with Crippen LogP contribution >= 0.6 is 11.8 Å². The third-order valence-electron chi connectivity index (χ3n) is 4.97.